The van der Waals surface area contributed by atoms with E-state index < -0.39 is 0 Å². The monoisotopic (exact) mass is 330 g/mol. The first kappa shape index (κ1) is 16.7. The normalized spacial score (nSPS) is 21.3. The minimum absolute atomic E-state index is 0.0183. The molecule has 1 aliphatic rings. The molecule has 2 atom stereocenters. The van der Waals surface area contributed by atoms with Gasteiger partial charge in [0.2, 0.25) is 5.91 Å². The molecule has 1 amide bonds. The summed E-state index contributed by atoms with van der Waals surface area (Å²) >= 11 is 0. The summed E-state index contributed by atoms with van der Waals surface area (Å²) in [5, 5.41) is 11.4. The first-order chi connectivity index (χ1) is 11.6. The molecule has 2 aromatic rings. The van der Waals surface area contributed by atoms with Crippen LogP contribution in [0.2, 0.25) is 0 Å². The number of rotatable bonds is 6. The van der Waals surface area contributed by atoms with Crippen LogP contribution in [-0.2, 0) is 24.8 Å². The summed E-state index contributed by atoms with van der Waals surface area (Å²) in [4.78, 5) is 14.7. The molecule has 0 spiro atoms. The van der Waals surface area contributed by atoms with Crippen LogP contribution in [0.15, 0.2) is 24.7 Å². The van der Waals surface area contributed by atoms with Crippen molar-refractivity contribution in [2.45, 2.75) is 25.8 Å². The molecule has 0 saturated carbocycles. The van der Waals surface area contributed by atoms with Crippen molar-refractivity contribution in [3.05, 3.63) is 35.9 Å². The largest absolute Gasteiger partial charge is 0.359 e. The van der Waals surface area contributed by atoms with E-state index in [1.165, 1.54) is 5.69 Å². The van der Waals surface area contributed by atoms with Crippen molar-refractivity contribution < 1.29 is 4.79 Å². The topological polar surface area (TPSA) is 68.0 Å². The molecule has 1 aliphatic heterocycles. The van der Waals surface area contributed by atoms with Gasteiger partial charge in [-0.25, -0.2) is 0 Å². The fraction of sp³-hybridized carbons (Fsp3) is 0.588. The van der Waals surface area contributed by atoms with Crippen LogP contribution in [0.1, 0.15) is 24.1 Å². The standard InChI is InChI=1S/C17H26N6O/c1-4-23-14(5-7-19-23)6-8-22-11-15(13-9-20-21(3)10-13)16(12-22)17(24)18-2/h5,7,9-10,15-16H,4,6,8,11-12H2,1-3H3,(H,18,24)/t15-,16+/m1/s1. The molecule has 2 aromatic heterocycles. The maximum atomic E-state index is 12.3. The Kier molecular flexibility index (Phi) is 4.99. The van der Waals surface area contributed by atoms with E-state index in [0.29, 0.717) is 0 Å². The summed E-state index contributed by atoms with van der Waals surface area (Å²) in [7, 11) is 3.63. The van der Waals surface area contributed by atoms with Crippen molar-refractivity contribution in [1.82, 2.24) is 29.8 Å². The third-order valence-electron chi connectivity index (χ3n) is 4.92. The highest BCUT2D eigenvalue weighted by Gasteiger charge is 2.38. The van der Waals surface area contributed by atoms with Gasteiger partial charge in [-0.15, -0.1) is 0 Å². The molecule has 1 saturated heterocycles. The van der Waals surface area contributed by atoms with Gasteiger partial charge in [-0.2, -0.15) is 10.2 Å². The van der Waals surface area contributed by atoms with Gasteiger partial charge < -0.3 is 10.2 Å². The zero-order valence-corrected chi connectivity index (χ0v) is 14.6. The molecule has 7 heteroatoms. The van der Waals surface area contributed by atoms with Crippen molar-refractivity contribution in [2.75, 3.05) is 26.7 Å². The van der Waals surface area contributed by atoms with Gasteiger partial charge in [-0.05, 0) is 18.6 Å². The number of likely N-dealkylation sites (tertiary alicyclic amines) is 1. The van der Waals surface area contributed by atoms with Gasteiger partial charge in [0.1, 0.15) is 0 Å². The summed E-state index contributed by atoms with van der Waals surface area (Å²) in [5.41, 5.74) is 2.39. The van der Waals surface area contributed by atoms with Crippen molar-refractivity contribution in [3.8, 4) is 0 Å². The van der Waals surface area contributed by atoms with E-state index in [1.54, 1.807) is 11.7 Å². The first-order valence-electron chi connectivity index (χ1n) is 8.55. The van der Waals surface area contributed by atoms with Gasteiger partial charge in [-0.1, -0.05) is 0 Å². The van der Waals surface area contributed by atoms with Crippen LogP contribution in [0.5, 0.6) is 0 Å². The van der Waals surface area contributed by atoms with Crippen molar-refractivity contribution in [1.29, 1.82) is 0 Å². The summed E-state index contributed by atoms with van der Waals surface area (Å²) in [6.45, 7) is 5.62. The lowest BCUT2D eigenvalue weighted by Crippen LogP contribution is -2.32. The molecule has 1 N–H and O–H groups in total. The van der Waals surface area contributed by atoms with Crippen LogP contribution >= 0.6 is 0 Å². The number of aryl methyl sites for hydroxylation is 2. The number of hydrogen-bond acceptors (Lipinski definition) is 4. The maximum Gasteiger partial charge on any atom is 0.224 e. The second-order valence-electron chi connectivity index (χ2n) is 6.42. The quantitative estimate of drug-likeness (QED) is 0.844. The Bertz CT molecular complexity index is 691. The summed E-state index contributed by atoms with van der Waals surface area (Å²) < 4.78 is 3.84. The minimum atomic E-state index is -0.0183. The minimum Gasteiger partial charge on any atom is -0.359 e. The molecular formula is C17H26N6O. The van der Waals surface area contributed by atoms with E-state index in [1.807, 2.05) is 30.3 Å². The molecule has 24 heavy (non-hydrogen) atoms. The molecule has 0 bridgehead atoms. The molecule has 3 rings (SSSR count). The van der Waals surface area contributed by atoms with Crippen LogP contribution in [0.4, 0.5) is 0 Å². The summed E-state index contributed by atoms with van der Waals surface area (Å²) in [6, 6.07) is 2.08. The average molecular weight is 330 g/mol. The third kappa shape index (κ3) is 3.36. The Labute approximate surface area is 142 Å². The number of carbonyl (C=O) groups excluding carboxylic acids is 1. The Morgan fingerprint density at radius 3 is 2.88 bits per heavy atom. The van der Waals surface area contributed by atoms with E-state index in [0.717, 1.165) is 38.2 Å². The molecule has 130 valence electrons. The highest BCUT2D eigenvalue weighted by atomic mass is 16.1. The Hall–Kier alpha value is -2.15. The number of nitrogens with one attached hydrogen (secondary N) is 1. The van der Waals surface area contributed by atoms with Gasteiger partial charge in [0.15, 0.2) is 0 Å². The van der Waals surface area contributed by atoms with Gasteiger partial charge in [0.25, 0.3) is 0 Å². The second-order valence-corrected chi connectivity index (χ2v) is 6.42. The van der Waals surface area contributed by atoms with Crippen LogP contribution in [0, 0.1) is 5.92 Å². The molecule has 0 radical (unpaired) electrons. The smallest absolute Gasteiger partial charge is 0.224 e. The van der Waals surface area contributed by atoms with E-state index in [2.05, 4.69) is 33.4 Å². The Morgan fingerprint density at radius 1 is 1.38 bits per heavy atom. The SMILES string of the molecule is CCn1nccc1CCN1C[C@H](C(=O)NC)[C@@H](c2cnn(C)c2)C1. The van der Waals surface area contributed by atoms with Crippen molar-refractivity contribution in [3.63, 3.8) is 0 Å². The maximum absolute atomic E-state index is 12.3. The zero-order chi connectivity index (χ0) is 17.1. The molecule has 7 nitrogen and oxygen atoms in total. The fourth-order valence-electron chi connectivity index (χ4n) is 3.62. The third-order valence-corrected chi connectivity index (χ3v) is 4.92. The molecular weight excluding hydrogens is 304 g/mol. The van der Waals surface area contributed by atoms with Gasteiger partial charge in [-0.3, -0.25) is 14.2 Å². The summed E-state index contributed by atoms with van der Waals surface area (Å²) in [6.07, 6.45) is 6.72. The number of nitrogens with zero attached hydrogens (tertiary/aromatic N) is 5. The lowest BCUT2D eigenvalue weighted by molar-refractivity contribution is -0.124. The predicted octanol–water partition coefficient (Wildman–Crippen LogP) is 0.641. The molecule has 0 unspecified atom stereocenters. The van der Waals surface area contributed by atoms with Gasteiger partial charge in [0, 0.05) is 70.7 Å². The zero-order valence-electron chi connectivity index (χ0n) is 14.6. The predicted molar refractivity (Wildman–Crippen MR) is 91.6 cm³/mol. The Balaban J connectivity index is 1.68. The van der Waals surface area contributed by atoms with Gasteiger partial charge in [0.05, 0.1) is 12.1 Å². The number of aromatic nitrogens is 4. The first-order valence-corrected chi connectivity index (χ1v) is 8.55. The van der Waals surface area contributed by atoms with Crippen LogP contribution in [0.3, 0.4) is 0 Å². The molecule has 1 fully saturated rings. The fourth-order valence-corrected chi connectivity index (χ4v) is 3.62. The van der Waals surface area contributed by atoms with E-state index in [4.69, 9.17) is 0 Å². The highest BCUT2D eigenvalue weighted by molar-refractivity contribution is 5.80. The highest BCUT2D eigenvalue weighted by Crippen LogP contribution is 2.32. The van der Waals surface area contributed by atoms with Crippen molar-refractivity contribution in [2.24, 2.45) is 13.0 Å². The summed E-state index contributed by atoms with van der Waals surface area (Å²) in [5.74, 6) is 0.301. The lowest BCUT2D eigenvalue weighted by atomic mass is 9.90. The lowest BCUT2D eigenvalue weighted by Gasteiger charge is -2.15. The molecule has 0 aliphatic carbocycles. The van der Waals surface area contributed by atoms with E-state index in [-0.39, 0.29) is 17.7 Å². The molecule has 3 heterocycles. The molecule has 0 aromatic carbocycles. The number of carbonyl (C=O) groups is 1. The number of amides is 1. The number of hydrogen-bond donors (Lipinski definition) is 1. The van der Waals surface area contributed by atoms with E-state index in [9.17, 15) is 4.79 Å². The van der Waals surface area contributed by atoms with Crippen LogP contribution < -0.4 is 5.32 Å². The second kappa shape index (κ2) is 7.17. The average Bonchev–Trinajstić information content (AvgIpc) is 3.30. The van der Waals surface area contributed by atoms with Gasteiger partial charge >= 0.3 is 0 Å². The van der Waals surface area contributed by atoms with Crippen molar-refractivity contribution >= 4 is 5.91 Å². The van der Waals surface area contributed by atoms with E-state index >= 15 is 0 Å². The van der Waals surface area contributed by atoms with Crippen LogP contribution in [-0.4, -0.2) is 57.1 Å². The Morgan fingerprint density at radius 2 is 2.21 bits per heavy atom. The van der Waals surface area contributed by atoms with Crippen LogP contribution in [0.25, 0.3) is 0 Å².